The molecule has 1 atom stereocenters. The van der Waals surface area contributed by atoms with Gasteiger partial charge < -0.3 is 4.52 Å². The largest absolute Gasteiger partial charge is 0.337 e. The van der Waals surface area contributed by atoms with E-state index >= 15 is 0 Å². The minimum absolute atomic E-state index is 0.101. The fraction of sp³-hybridized carbons (Fsp3) is 0.333. The fourth-order valence-electron chi connectivity index (χ4n) is 3.45. The maximum Gasteiger partial charge on any atom is 0.244 e. The number of hydrogen-bond donors (Lipinski definition) is 1. The van der Waals surface area contributed by atoms with Crippen molar-refractivity contribution < 1.29 is 21.4 Å². The third-order valence-corrected chi connectivity index (χ3v) is 8.76. The molecule has 32 heavy (non-hydrogen) atoms. The van der Waals surface area contributed by atoms with Gasteiger partial charge in [-0.25, -0.2) is 16.8 Å². The Kier molecular flexibility index (Phi) is 6.17. The number of rotatable bonds is 7. The summed E-state index contributed by atoms with van der Waals surface area (Å²) in [7, 11) is -7.26. The summed E-state index contributed by atoms with van der Waals surface area (Å²) in [5.41, 5.74) is 1.52. The molecule has 0 amide bonds. The van der Waals surface area contributed by atoms with Crippen molar-refractivity contribution in [2.75, 3.05) is 13.1 Å². The number of sulfonamides is 2. The minimum atomic E-state index is -3.76. The second-order valence-corrected chi connectivity index (χ2v) is 11.4. The molecule has 170 valence electrons. The van der Waals surface area contributed by atoms with Crippen LogP contribution in [0.15, 0.2) is 62.8 Å². The van der Waals surface area contributed by atoms with E-state index in [9.17, 15) is 16.8 Å². The molecule has 2 aromatic carbocycles. The van der Waals surface area contributed by atoms with Crippen molar-refractivity contribution in [3.05, 3.63) is 60.0 Å². The van der Waals surface area contributed by atoms with E-state index in [0.29, 0.717) is 18.7 Å². The number of nitrogens with one attached hydrogen (secondary N) is 1. The summed E-state index contributed by atoms with van der Waals surface area (Å²) in [6, 6.07) is 12.0. The van der Waals surface area contributed by atoms with Gasteiger partial charge in [-0.2, -0.15) is 14.0 Å². The number of nitrogens with zero attached hydrogens (tertiary/aromatic N) is 3. The van der Waals surface area contributed by atoms with Crippen molar-refractivity contribution in [3.63, 3.8) is 0 Å². The molecule has 1 N–H and O–H groups in total. The van der Waals surface area contributed by atoms with Crippen LogP contribution in [0.3, 0.4) is 0 Å². The molecule has 0 saturated carbocycles. The first-order chi connectivity index (χ1) is 15.2. The summed E-state index contributed by atoms with van der Waals surface area (Å²) in [5, 5.41) is 3.91. The van der Waals surface area contributed by atoms with E-state index < -0.39 is 26.1 Å². The molecule has 1 aliphatic heterocycles. The fourth-order valence-corrected chi connectivity index (χ4v) is 6.16. The number of aryl methyl sites for hydroxylation is 1. The first kappa shape index (κ1) is 22.6. The van der Waals surface area contributed by atoms with Crippen LogP contribution in [0.4, 0.5) is 0 Å². The molecule has 1 fully saturated rings. The molecule has 0 bridgehead atoms. The van der Waals surface area contributed by atoms with Gasteiger partial charge in [-0.3, -0.25) is 0 Å². The van der Waals surface area contributed by atoms with Gasteiger partial charge in [0.15, 0.2) is 0 Å². The van der Waals surface area contributed by atoms with Crippen LogP contribution in [0.25, 0.3) is 11.4 Å². The molecule has 1 aromatic heterocycles. The maximum atomic E-state index is 12.7. The number of benzene rings is 2. The summed E-state index contributed by atoms with van der Waals surface area (Å²) in [6.07, 6.45) is 1.74. The van der Waals surface area contributed by atoms with Crippen LogP contribution >= 0.6 is 0 Å². The SMILES string of the molecule is Cc1ccc(S(=O)(=O)NC(C)c2nc(-c3ccc(S(=O)(=O)N4CCCC4)cc3)no2)cc1. The molecule has 1 aliphatic rings. The lowest BCUT2D eigenvalue weighted by Crippen LogP contribution is -2.27. The van der Waals surface area contributed by atoms with Gasteiger partial charge in [0.2, 0.25) is 31.8 Å². The Hall–Kier alpha value is -2.60. The van der Waals surface area contributed by atoms with Gasteiger partial charge in [-0.1, -0.05) is 22.9 Å². The molecule has 0 radical (unpaired) electrons. The molecule has 11 heteroatoms. The van der Waals surface area contributed by atoms with Crippen molar-refractivity contribution in [2.24, 2.45) is 0 Å². The van der Waals surface area contributed by atoms with Gasteiger partial charge in [0.05, 0.1) is 15.8 Å². The molecule has 1 saturated heterocycles. The van der Waals surface area contributed by atoms with Crippen LogP contribution in [0.1, 0.15) is 37.3 Å². The molecule has 0 aliphatic carbocycles. The first-order valence-electron chi connectivity index (χ1n) is 10.2. The van der Waals surface area contributed by atoms with Crippen LogP contribution in [-0.4, -0.2) is 44.4 Å². The van der Waals surface area contributed by atoms with Crippen molar-refractivity contribution in [1.82, 2.24) is 19.2 Å². The Morgan fingerprint density at radius 2 is 1.53 bits per heavy atom. The zero-order chi connectivity index (χ0) is 22.9. The van der Waals surface area contributed by atoms with Crippen molar-refractivity contribution in [2.45, 2.75) is 42.5 Å². The van der Waals surface area contributed by atoms with Crippen LogP contribution < -0.4 is 4.72 Å². The molecule has 1 unspecified atom stereocenters. The summed E-state index contributed by atoms with van der Waals surface area (Å²) >= 11 is 0. The second kappa shape index (κ2) is 8.74. The zero-order valence-electron chi connectivity index (χ0n) is 17.7. The Labute approximate surface area is 187 Å². The van der Waals surface area contributed by atoms with Gasteiger partial charge in [0.1, 0.15) is 0 Å². The molecule has 4 rings (SSSR count). The van der Waals surface area contributed by atoms with Gasteiger partial charge in [0.25, 0.3) is 0 Å². The summed E-state index contributed by atoms with van der Waals surface area (Å²) < 4.78 is 59.7. The molecule has 9 nitrogen and oxygen atoms in total. The van der Waals surface area contributed by atoms with Crippen LogP contribution in [0, 0.1) is 6.92 Å². The summed E-state index contributed by atoms with van der Waals surface area (Å²) in [4.78, 5) is 4.63. The quantitative estimate of drug-likeness (QED) is 0.556. The normalized spacial score (nSPS) is 16.3. The Morgan fingerprint density at radius 3 is 2.16 bits per heavy atom. The Balaban J connectivity index is 1.49. The molecule has 3 aromatic rings. The van der Waals surface area contributed by atoms with E-state index in [1.165, 1.54) is 28.6 Å². The number of aromatic nitrogens is 2. The van der Waals surface area contributed by atoms with E-state index in [2.05, 4.69) is 14.9 Å². The lowest BCUT2D eigenvalue weighted by Gasteiger charge is -2.15. The highest BCUT2D eigenvalue weighted by Gasteiger charge is 2.27. The van der Waals surface area contributed by atoms with Gasteiger partial charge in [0, 0.05) is 18.7 Å². The highest BCUT2D eigenvalue weighted by Crippen LogP contribution is 2.25. The average molecular weight is 477 g/mol. The van der Waals surface area contributed by atoms with Gasteiger partial charge in [-0.05, 0) is 63.1 Å². The lowest BCUT2D eigenvalue weighted by molar-refractivity contribution is 0.354. The topological polar surface area (TPSA) is 122 Å². The van der Waals surface area contributed by atoms with Gasteiger partial charge >= 0.3 is 0 Å². The van der Waals surface area contributed by atoms with Crippen molar-refractivity contribution >= 4 is 20.0 Å². The second-order valence-electron chi connectivity index (χ2n) is 7.75. The van der Waals surface area contributed by atoms with Gasteiger partial charge in [-0.15, -0.1) is 0 Å². The third kappa shape index (κ3) is 4.60. The molecule has 0 spiro atoms. The smallest absolute Gasteiger partial charge is 0.244 e. The molecular weight excluding hydrogens is 452 g/mol. The molecular formula is C21H24N4O5S2. The average Bonchev–Trinajstić information content (AvgIpc) is 3.47. The minimum Gasteiger partial charge on any atom is -0.337 e. The summed E-state index contributed by atoms with van der Waals surface area (Å²) in [6.45, 7) is 4.55. The predicted octanol–water partition coefficient (Wildman–Crippen LogP) is 2.87. The van der Waals surface area contributed by atoms with E-state index in [4.69, 9.17) is 4.52 Å². The Morgan fingerprint density at radius 1 is 0.938 bits per heavy atom. The number of hydrogen-bond acceptors (Lipinski definition) is 7. The van der Waals surface area contributed by atoms with Crippen LogP contribution in [0.2, 0.25) is 0 Å². The van der Waals surface area contributed by atoms with E-state index in [1.807, 2.05) is 6.92 Å². The molecule has 2 heterocycles. The predicted molar refractivity (Wildman–Crippen MR) is 118 cm³/mol. The van der Waals surface area contributed by atoms with E-state index in [1.54, 1.807) is 31.2 Å². The maximum absolute atomic E-state index is 12.7. The lowest BCUT2D eigenvalue weighted by atomic mass is 10.2. The highest BCUT2D eigenvalue weighted by molar-refractivity contribution is 7.89. The van der Waals surface area contributed by atoms with Crippen LogP contribution in [-0.2, 0) is 20.0 Å². The van der Waals surface area contributed by atoms with Crippen LogP contribution in [0.5, 0.6) is 0 Å². The van der Waals surface area contributed by atoms with E-state index in [0.717, 1.165) is 18.4 Å². The first-order valence-corrected chi connectivity index (χ1v) is 13.1. The zero-order valence-corrected chi connectivity index (χ0v) is 19.4. The summed E-state index contributed by atoms with van der Waals surface area (Å²) in [5.74, 6) is 0.343. The third-order valence-electron chi connectivity index (χ3n) is 5.29. The van der Waals surface area contributed by atoms with Crippen molar-refractivity contribution in [3.8, 4) is 11.4 Å². The Bertz CT molecular complexity index is 1290. The standard InChI is InChI=1S/C21H24N4O5S2/c1-15-5-9-18(10-6-15)31(26,27)24-16(2)21-22-20(23-30-21)17-7-11-19(12-8-17)32(28,29)25-13-3-4-14-25/h5-12,16,24H,3-4,13-14H2,1-2H3. The van der Waals surface area contributed by atoms with Crippen molar-refractivity contribution in [1.29, 1.82) is 0 Å². The monoisotopic (exact) mass is 476 g/mol. The highest BCUT2D eigenvalue weighted by atomic mass is 32.2. The van der Waals surface area contributed by atoms with E-state index in [-0.39, 0.29) is 21.5 Å².